The Labute approximate surface area is 233 Å². The van der Waals surface area contributed by atoms with Gasteiger partial charge in [0.25, 0.3) is 14.2 Å². The maximum absolute atomic E-state index is 13.9. The molecule has 2 atom stereocenters. The van der Waals surface area contributed by atoms with Gasteiger partial charge in [0.15, 0.2) is 0 Å². The Bertz CT molecular complexity index is 1230. The second kappa shape index (κ2) is 11.7. The van der Waals surface area contributed by atoms with E-state index in [0.717, 1.165) is 10.4 Å². The zero-order valence-corrected chi connectivity index (χ0v) is 24.4. The van der Waals surface area contributed by atoms with Crippen molar-refractivity contribution in [1.29, 1.82) is 0 Å². The number of ether oxygens (including phenoxy) is 1. The molecule has 0 spiro atoms. The number of benzene rings is 3. The third-order valence-electron chi connectivity index (χ3n) is 7.82. The fourth-order valence-electron chi connectivity index (χ4n) is 6.03. The molecule has 0 N–H and O–H groups in total. The van der Waals surface area contributed by atoms with Gasteiger partial charge in [-0.2, -0.15) is 0 Å². The van der Waals surface area contributed by atoms with Gasteiger partial charge in [0, 0.05) is 18.5 Å². The molecule has 1 heterocycles. The van der Waals surface area contributed by atoms with E-state index in [4.69, 9.17) is 9.16 Å². The third kappa shape index (κ3) is 5.36. The molecular weight excluding hydrogens is 502 g/mol. The Morgan fingerprint density at radius 1 is 0.949 bits per heavy atom. The van der Waals surface area contributed by atoms with Crippen LogP contribution >= 0.6 is 0 Å². The van der Waals surface area contributed by atoms with E-state index < -0.39 is 19.8 Å². The smallest absolute Gasteiger partial charge is 0.331 e. The van der Waals surface area contributed by atoms with E-state index >= 15 is 0 Å². The van der Waals surface area contributed by atoms with E-state index in [2.05, 4.69) is 75.9 Å². The van der Waals surface area contributed by atoms with Crippen molar-refractivity contribution in [3.63, 3.8) is 0 Å². The number of amides is 1. The summed E-state index contributed by atoms with van der Waals surface area (Å²) < 4.78 is 12.7. The summed E-state index contributed by atoms with van der Waals surface area (Å²) in [6.07, 6.45) is 2.76. The largest absolute Gasteiger partial charge is 0.467 e. The first-order chi connectivity index (χ1) is 18.7. The van der Waals surface area contributed by atoms with Crippen LogP contribution in [0.1, 0.15) is 50.4 Å². The lowest BCUT2D eigenvalue weighted by molar-refractivity contribution is -0.152. The Hall–Kier alpha value is -3.48. The number of likely N-dealkylation sites (tertiary alicyclic amines) is 1. The number of carbonyl (C=O) groups excluding carboxylic acids is 2. The minimum absolute atomic E-state index is 0.196. The van der Waals surface area contributed by atoms with E-state index in [9.17, 15) is 9.59 Å². The third-order valence-corrected chi connectivity index (χ3v) is 12.9. The molecule has 0 aromatic heterocycles. The number of rotatable bonds is 9. The zero-order chi connectivity index (χ0) is 28.1. The van der Waals surface area contributed by atoms with Gasteiger partial charge in [-0.15, -0.1) is 6.58 Å². The molecule has 3 aromatic rings. The molecule has 0 saturated carbocycles. The summed E-state index contributed by atoms with van der Waals surface area (Å²) in [4.78, 5) is 29.2. The Balaban J connectivity index is 1.85. The van der Waals surface area contributed by atoms with Gasteiger partial charge in [-0.3, -0.25) is 4.79 Å². The lowest BCUT2D eigenvalue weighted by Crippen LogP contribution is -2.67. The summed E-state index contributed by atoms with van der Waals surface area (Å²) in [5.41, 5.74) is -0.609. The van der Waals surface area contributed by atoms with Gasteiger partial charge in [0.2, 0.25) is 0 Å². The van der Waals surface area contributed by atoms with E-state index in [1.165, 1.54) is 7.11 Å². The number of esters is 1. The zero-order valence-electron chi connectivity index (χ0n) is 23.4. The van der Waals surface area contributed by atoms with Crippen molar-refractivity contribution >= 4 is 30.6 Å². The molecule has 204 valence electrons. The highest BCUT2D eigenvalue weighted by Crippen LogP contribution is 2.43. The molecule has 0 aliphatic carbocycles. The number of nitrogens with zero attached hydrogens (tertiary/aromatic N) is 1. The highest BCUT2D eigenvalue weighted by Gasteiger charge is 2.58. The van der Waals surface area contributed by atoms with E-state index in [-0.39, 0.29) is 17.0 Å². The van der Waals surface area contributed by atoms with Crippen LogP contribution in [0, 0.1) is 0 Å². The quantitative estimate of drug-likeness (QED) is 0.208. The van der Waals surface area contributed by atoms with Crippen LogP contribution in [-0.4, -0.2) is 50.4 Å². The van der Waals surface area contributed by atoms with E-state index in [1.807, 2.05) is 30.3 Å². The molecule has 1 fully saturated rings. The van der Waals surface area contributed by atoms with Gasteiger partial charge in [0.1, 0.15) is 5.54 Å². The van der Waals surface area contributed by atoms with Crippen molar-refractivity contribution in [2.45, 2.75) is 56.7 Å². The minimum Gasteiger partial charge on any atom is -0.467 e. The van der Waals surface area contributed by atoms with Crippen molar-refractivity contribution in [2.24, 2.45) is 0 Å². The van der Waals surface area contributed by atoms with Crippen LogP contribution in [0.25, 0.3) is 0 Å². The molecule has 3 aromatic carbocycles. The average molecular weight is 542 g/mol. The molecule has 0 unspecified atom stereocenters. The van der Waals surface area contributed by atoms with Crippen molar-refractivity contribution < 1.29 is 18.8 Å². The lowest BCUT2D eigenvalue weighted by atomic mass is 9.89. The fraction of sp³-hybridized carbons (Fsp3) is 0.333. The first-order valence-electron chi connectivity index (χ1n) is 13.5. The number of allylic oxidation sites excluding steroid dienone is 1. The average Bonchev–Trinajstić information content (AvgIpc) is 3.33. The molecule has 6 heteroatoms. The SMILES string of the molecule is C=CCC[C@@]1(C(=O)OC)C[C@@H](O[Si](c2ccccc2)(c2ccccc2)C(C)(C)C)CN1C(=O)c1ccccc1. The summed E-state index contributed by atoms with van der Waals surface area (Å²) in [7, 11) is -1.52. The van der Waals surface area contributed by atoms with Gasteiger partial charge < -0.3 is 14.1 Å². The van der Waals surface area contributed by atoms with Crippen LogP contribution in [0.3, 0.4) is 0 Å². The van der Waals surface area contributed by atoms with Crippen LogP contribution in [0.2, 0.25) is 5.04 Å². The topological polar surface area (TPSA) is 55.8 Å². The standard InChI is InChI=1S/C33H39NO4Si/c1-6-7-23-33(31(36)37-5)24-27(25-34(33)30(35)26-17-11-8-12-18-26)38-39(32(2,3)4,28-19-13-9-14-20-28)29-21-15-10-16-22-29/h6,8-22,27H,1,7,23-25H2,2-5H3/t27-,33+/m1/s1. The van der Waals surface area contributed by atoms with Crippen molar-refractivity contribution in [2.75, 3.05) is 13.7 Å². The van der Waals surface area contributed by atoms with Crippen LogP contribution in [0.5, 0.6) is 0 Å². The number of methoxy groups -OCH3 is 1. The first kappa shape index (κ1) is 28.5. The molecule has 0 bridgehead atoms. The first-order valence-corrected chi connectivity index (χ1v) is 15.5. The van der Waals surface area contributed by atoms with Crippen molar-refractivity contribution in [1.82, 2.24) is 4.90 Å². The molecule has 1 saturated heterocycles. The summed E-state index contributed by atoms with van der Waals surface area (Å²) >= 11 is 0. The second-order valence-corrected chi connectivity index (χ2v) is 15.5. The Kier molecular flexibility index (Phi) is 8.57. The van der Waals surface area contributed by atoms with Crippen LogP contribution in [0.15, 0.2) is 104 Å². The van der Waals surface area contributed by atoms with Crippen molar-refractivity contribution in [3.05, 3.63) is 109 Å². The predicted octanol–water partition coefficient (Wildman–Crippen LogP) is 5.36. The number of hydrogen-bond donors (Lipinski definition) is 0. The summed E-state index contributed by atoms with van der Waals surface area (Å²) in [5.74, 6) is -0.610. The second-order valence-electron chi connectivity index (χ2n) is 11.2. The molecular formula is C33H39NO4Si. The van der Waals surface area contributed by atoms with E-state index in [0.29, 0.717) is 31.4 Å². The van der Waals surface area contributed by atoms with Crippen LogP contribution < -0.4 is 10.4 Å². The molecule has 39 heavy (non-hydrogen) atoms. The molecule has 0 radical (unpaired) electrons. The molecule has 4 rings (SSSR count). The maximum Gasteiger partial charge on any atom is 0.331 e. The van der Waals surface area contributed by atoms with Gasteiger partial charge >= 0.3 is 5.97 Å². The van der Waals surface area contributed by atoms with Crippen molar-refractivity contribution in [3.8, 4) is 0 Å². The number of carbonyl (C=O) groups is 2. The van der Waals surface area contributed by atoms with Gasteiger partial charge in [-0.05, 0) is 40.4 Å². The Morgan fingerprint density at radius 2 is 1.46 bits per heavy atom. The normalized spacial score (nSPS) is 19.5. The molecule has 1 aliphatic rings. The highest BCUT2D eigenvalue weighted by molar-refractivity contribution is 6.99. The molecule has 1 aliphatic heterocycles. The lowest BCUT2D eigenvalue weighted by Gasteiger charge is -2.44. The molecule has 5 nitrogen and oxygen atoms in total. The summed E-state index contributed by atoms with van der Waals surface area (Å²) in [6.45, 7) is 10.9. The predicted molar refractivity (Wildman–Crippen MR) is 159 cm³/mol. The monoisotopic (exact) mass is 541 g/mol. The van der Waals surface area contributed by atoms with Crippen LogP contribution in [0.4, 0.5) is 0 Å². The number of hydrogen-bond acceptors (Lipinski definition) is 4. The van der Waals surface area contributed by atoms with E-state index in [1.54, 1.807) is 23.1 Å². The Morgan fingerprint density at radius 3 is 1.92 bits per heavy atom. The van der Waals surface area contributed by atoms with Gasteiger partial charge in [-0.1, -0.05) is 106 Å². The molecule has 1 amide bonds. The van der Waals surface area contributed by atoms with Crippen LogP contribution in [-0.2, 0) is 14.0 Å². The van der Waals surface area contributed by atoms with Gasteiger partial charge in [0.05, 0.1) is 13.2 Å². The summed E-state index contributed by atoms with van der Waals surface area (Å²) in [5, 5.41) is 2.08. The van der Waals surface area contributed by atoms with Gasteiger partial charge in [-0.25, -0.2) is 4.79 Å². The highest BCUT2D eigenvalue weighted by atomic mass is 28.4. The summed E-state index contributed by atoms with van der Waals surface area (Å²) in [6, 6.07) is 30.0. The minimum atomic E-state index is -2.91. The maximum atomic E-state index is 13.9. The fourth-order valence-corrected chi connectivity index (χ4v) is 10.7.